The molecule has 0 N–H and O–H groups in total. The van der Waals surface area contributed by atoms with E-state index in [0.717, 1.165) is 17.0 Å². The predicted molar refractivity (Wildman–Crippen MR) is 211 cm³/mol. The van der Waals surface area contributed by atoms with Gasteiger partial charge in [0.15, 0.2) is 0 Å². The fourth-order valence-corrected chi connectivity index (χ4v) is 8.43. The van der Waals surface area contributed by atoms with Gasteiger partial charge < -0.3 is 0 Å². The van der Waals surface area contributed by atoms with Crippen molar-refractivity contribution in [3.05, 3.63) is 168 Å². The maximum atomic E-state index is 4.53. The molecule has 8 aromatic carbocycles. The summed E-state index contributed by atoms with van der Waals surface area (Å²) in [6.45, 7) is 6.72. The Morgan fingerprint density at radius 3 is 1.54 bits per heavy atom. The zero-order chi connectivity index (χ0) is 33.6. The van der Waals surface area contributed by atoms with E-state index in [-0.39, 0.29) is 5.41 Å². The van der Waals surface area contributed by atoms with Crippen molar-refractivity contribution >= 4 is 43.1 Å². The van der Waals surface area contributed by atoms with Gasteiger partial charge in [0, 0.05) is 11.0 Å². The number of hydrogen-bond acceptors (Lipinski definition) is 2. The molecular weight excluding hydrogens is 605 g/mol. The summed E-state index contributed by atoms with van der Waals surface area (Å²) in [7, 11) is 0. The van der Waals surface area contributed by atoms with Crippen LogP contribution in [0.3, 0.4) is 0 Å². The van der Waals surface area contributed by atoms with Gasteiger partial charge in [0.1, 0.15) is 0 Å². The molecule has 2 nitrogen and oxygen atoms in total. The molecular formula is C48H34N2. The summed E-state index contributed by atoms with van der Waals surface area (Å²) >= 11 is 0. The predicted octanol–water partition coefficient (Wildman–Crippen LogP) is 12.7. The summed E-state index contributed by atoms with van der Waals surface area (Å²) in [5.41, 5.74) is 13.0. The van der Waals surface area contributed by atoms with Gasteiger partial charge in [0.25, 0.3) is 0 Å². The van der Waals surface area contributed by atoms with Crippen molar-refractivity contribution in [2.75, 3.05) is 0 Å². The van der Waals surface area contributed by atoms with Gasteiger partial charge in [0.2, 0.25) is 0 Å². The number of fused-ring (bicyclic) bond motifs is 7. The monoisotopic (exact) mass is 638 g/mol. The second kappa shape index (κ2) is 10.7. The van der Waals surface area contributed by atoms with E-state index in [0.29, 0.717) is 0 Å². The molecule has 0 radical (unpaired) electrons. The van der Waals surface area contributed by atoms with E-state index >= 15 is 0 Å². The number of aryl methyl sites for hydroxylation is 1. The van der Waals surface area contributed by atoms with Gasteiger partial charge in [-0.1, -0.05) is 123 Å². The van der Waals surface area contributed by atoms with Crippen molar-refractivity contribution in [2.24, 2.45) is 0 Å². The molecule has 1 heterocycles. The van der Waals surface area contributed by atoms with E-state index < -0.39 is 0 Å². The summed E-state index contributed by atoms with van der Waals surface area (Å²) in [6, 6.07) is 56.2. The maximum absolute atomic E-state index is 4.53. The van der Waals surface area contributed by atoms with Crippen molar-refractivity contribution in [3.8, 4) is 44.6 Å². The van der Waals surface area contributed by atoms with Crippen LogP contribution in [0.5, 0.6) is 0 Å². The third kappa shape index (κ3) is 4.28. The van der Waals surface area contributed by atoms with Crippen LogP contribution < -0.4 is 0 Å². The highest BCUT2D eigenvalue weighted by molar-refractivity contribution is 6.23. The molecule has 10 rings (SSSR count). The highest BCUT2D eigenvalue weighted by Gasteiger charge is 2.37. The normalized spacial score (nSPS) is 13.3. The number of hydrogen-bond donors (Lipinski definition) is 0. The van der Waals surface area contributed by atoms with Gasteiger partial charge in [-0.2, -0.15) is 10.2 Å². The van der Waals surface area contributed by atoms with E-state index in [2.05, 4.69) is 170 Å². The third-order valence-corrected chi connectivity index (χ3v) is 11.0. The molecule has 0 atom stereocenters. The molecule has 2 heteroatoms. The largest absolute Gasteiger partial charge is 0.155 e. The zero-order valence-corrected chi connectivity index (χ0v) is 28.3. The van der Waals surface area contributed by atoms with Gasteiger partial charge in [-0.05, 0) is 137 Å². The molecule has 0 bridgehead atoms. The Morgan fingerprint density at radius 2 is 0.940 bits per heavy atom. The van der Waals surface area contributed by atoms with Crippen LogP contribution in [-0.2, 0) is 5.41 Å². The number of rotatable bonds is 3. The zero-order valence-electron chi connectivity index (χ0n) is 28.3. The van der Waals surface area contributed by atoms with Crippen LogP contribution in [0, 0.1) is 6.92 Å². The van der Waals surface area contributed by atoms with Crippen molar-refractivity contribution in [2.45, 2.75) is 26.2 Å². The molecule has 1 aliphatic carbocycles. The molecule has 9 aromatic rings. The average Bonchev–Trinajstić information content (AvgIpc) is 3.37. The fraction of sp³-hybridized carbons (Fsp3) is 0.0833. The molecule has 1 aliphatic rings. The average molecular weight is 639 g/mol. The fourth-order valence-electron chi connectivity index (χ4n) is 8.43. The Morgan fingerprint density at radius 1 is 0.400 bits per heavy atom. The minimum absolute atomic E-state index is 0.206. The lowest BCUT2D eigenvalue weighted by atomic mass is 9.79. The summed E-state index contributed by atoms with van der Waals surface area (Å²) < 4.78 is 0. The first-order chi connectivity index (χ1) is 24.4. The maximum Gasteiger partial charge on any atom is 0.0929 e. The van der Waals surface area contributed by atoms with Crippen LogP contribution in [0.2, 0.25) is 0 Å². The molecule has 0 amide bonds. The quantitative estimate of drug-likeness (QED) is 0.180. The highest BCUT2D eigenvalue weighted by Crippen LogP contribution is 2.54. The molecule has 0 aliphatic heterocycles. The van der Waals surface area contributed by atoms with Crippen LogP contribution in [0.25, 0.3) is 87.7 Å². The molecule has 236 valence electrons. The molecule has 50 heavy (non-hydrogen) atoms. The van der Waals surface area contributed by atoms with Crippen LogP contribution in [0.1, 0.15) is 30.7 Å². The van der Waals surface area contributed by atoms with Crippen molar-refractivity contribution < 1.29 is 0 Å². The summed E-state index contributed by atoms with van der Waals surface area (Å²) in [4.78, 5) is 0. The Kier molecular flexibility index (Phi) is 6.17. The van der Waals surface area contributed by atoms with Crippen LogP contribution >= 0.6 is 0 Å². The van der Waals surface area contributed by atoms with Crippen molar-refractivity contribution in [1.29, 1.82) is 0 Å². The van der Waals surface area contributed by atoms with Gasteiger partial charge in [-0.25, -0.2) is 0 Å². The lowest BCUT2D eigenvalue weighted by Crippen LogP contribution is -2.15. The molecule has 1 aromatic heterocycles. The van der Waals surface area contributed by atoms with E-state index in [1.807, 2.05) is 13.0 Å². The minimum atomic E-state index is -0.206. The third-order valence-electron chi connectivity index (χ3n) is 11.0. The van der Waals surface area contributed by atoms with Crippen LogP contribution in [0.15, 0.2) is 152 Å². The van der Waals surface area contributed by atoms with Gasteiger partial charge in [-0.3, -0.25) is 0 Å². The Balaban J connectivity index is 1.31. The van der Waals surface area contributed by atoms with E-state index in [1.54, 1.807) is 0 Å². The standard InChI is InChI=1S/C48H34N2/c1-29-16-23-45(50-49-29)34-21-22-37-40-27-41-42(28-44(40)48(2,3)43(37)26-34)47(36-20-18-31-11-5-7-13-33(31)25-36)39-15-9-8-14-38(39)46(41)35-19-17-30-10-4-6-12-32(30)24-35/h4-28H,1-3H3. The van der Waals surface area contributed by atoms with E-state index in [4.69, 9.17) is 0 Å². The second-order valence-electron chi connectivity index (χ2n) is 14.3. The Labute approximate surface area is 291 Å². The topological polar surface area (TPSA) is 25.8 Å². The molecule has 0 spiro atoms. The number of nitrogens with zero attached hydrogens (tertiary/aromatic N) is 2. The first kappa shape index (κ1) is 28.9. The lowest BCUT2D eigenvalue weighted by Gasteiger charge is -2.24. The smallest absolute Gasteiger partial charge is 0.0929 e. The van der Waals surface area contributed by atoms with Gasteiger partial charge in [-0.15, -0.1) is 0 Å². The SMILES string of the molecule is Cc1ccc(-c2ccc3c(c2)C(C)(C)c2cc4c(-c5ccc6ccccc6c5)c5ccccc5c(-c5ccc6ccccc6c5)c4cc2-3)nn1. The minimum Gasteiger partial charge on any atom is -0.155 e. The summed E-state index contributed by atoms with van der Waals surface area (Å²) in [6.07, 6.45) is 0. The van der Waals surface area contributed by atoms with E-state index in [1.165, 1.54) is 87.6 Å². The Bertz CT molecular complexity index is 2840. The lowest BCUT2D eigenvalue weighted by molar-refractivity contribution is 0.661. The summed E-state index contributed by atoms with van der Waals surface area (Å²) in [5.74, 6) is 0. The number of benzene rings is 8. The molecule has 0 fully saturated rings. The van der Waals surface area contributed by atoms with Crippen LogP contribution in [0.4, 0.5) is 0 Å². The molecule has 0 saturated carbocycles. The van der Waals surface area contributed by atoms with Crippen molar-refractivity contribution in [3.63, 3.8) is 0 Å². The van der Waals surface area contributed by atoms with Crippen molar-refractivity contribution in [1.82, 2.24) is 10.2 Å². The van der Waals surface area contributed by atoms with Gasteiger partial charge >= 0.3 is 0 Å². The van der Waals surface area contributed by atoms with Gasteiger partial charge in [0.05, 0.1) is 11.4 Å². The first-order valence-electron chi connectivity index (χ1n) is 17.4. The molecule has 0 unspecified atom stereocenters. The Hall–Kier alpha value is -6.12. The van der Waals surface area contributed by atoms with E-state index in [9.17, 15) is 0 Å². The summed E-state index contributed by atoms with van der Waals surface area (Å²) in [5, 5.41) is 19.0. The highest BCUT2D eigenvalue weighted by atomic mass is 15.1. The first-order valence-corrected chi connectivity index (χ1v) is 17.4. The number of aromatic nitrogens is 2. The van der Waals surface area contributed by atoms with Crippen LogP contribution in [-0.4, -0.2) is 10.2 Å². The molecule has 0 saturated heterocycles. The second-order valence-corrected chi connectivity index (χ2v) is 14.3.